The molecule has 1 aliphatic heterocycles. The molecule has 2 unspecified atom stereocenters. The molecule has 4 heterocycles. The van der Waals surface area contributed by atoms with E-state index in [-0.39, 0.29) is 29.1 Å². The van der Waals surface area contributed by atoms with Gasteiger partial charge in [0, 0.05) is 55.9 Å². The van der Waals surface area contributed by atoms with Crippen molar-refractivity contribution in [2.45, 2.75) is 12.5 Å². The molecule has 0 aliphatic carbocycles. The van der Waals surface area contributed by atoms with Crippen LogP contribution >= 0.6 is 0 Å². The SMILES string of the molecule is O=C(NCC1CCN(C(=O)/C=C/c2cnccn2)C1c1cccnc1)c1cc(=O)c2ccccc2o1. The van der Waals surface area contributed by atoms with Crippen LogP contribution in [0.1, 0.15) is 34.3 Å². The molecule has 9 nitrogen and oxygen atoms in total. The van der Waals surface area contributed by atoms with E-state index >= 15 is 0 Å². The molecule has 5 rings (SSSR count). The van der Waals surface area contributed by atoms with Crippen LogP contribution < -0.4 is 10.7 Å². The Hall–Kier alpha value is -4.66. The van der Waals surface area contributed by atoms with Gasteiger partial charge in [-0.15, -0.1) is 0 Å². The van der Waals surface area contributed by atoms with Crippen molar-refractivity contribution in [1.29, 1.82) is 0 Å². The number of likely N-dealkylation sites (tertiary alicyclic amines) is 1. The van der Waals surface area contributed by atoms with Crippen LogP contribution in [0.2, 0.25) is 0 Å². The number of nitrogens with zero attached hydrogens (tertiary/aromatic N) is 4. The Bertz CT molecular complexity index is 1470. The number of hydrogen-bond acceptors (Lipinski definition) is 7. The van der Waals surface area contributed by atoms with Crippen LogP contribution in [-0.2, 0) is 4.79 Å². The van der Waals surface area contributed by atoms with Gasteiger partial charge in [-0.2, -0.15) is 0 Å². The first kappa shape index (κ1) is 23.1. The van der Waals surface area contributed by atoms with Gasteiger partial charge in [-0.05, 0) is 36.3 Å². The molecule has 3 aromatic heterocycles. The lowest BCUT2D eigenvalue weighted by molar-refractivity contribution is -0.127. The second-order valence-corrected chi connectivity index (χ2v) is 8.46. The molecular weight excluding hydrogens is 458 g/mol. The molecule has 180 valence electrons. The summed E-state index contributed by atoms with van der Waals surface area (Å²) in [5, 5.41) is 3.31. The minimum atomic E-state index is -0.477. The van der Waals surface area contributed by atoms with Gasteiger partial charge in [0.05, 0.1) is 23.3 Å². The van der Waals surface area contributed by atoms with Crippen molar-refractivity contribution in [3.63, 3.8) is 0 Å². The summed E-state index contributed by atoms with van der Waals surface area (Å²) in [7, 11) is 0. The molecule has 1 aliphatic rings. The van der Waals surface area contributed by atoms with Crippen LogP contribution in [0.15, 0.2) is 88.7 Å². The van der Waals surface area contributed by atoms with Gasteiger partial charge in [0.1, 0.15) is 5.58 Å². The van der Waals surface area contributed by atoms with Crippen molar-refractivity contribution in [3.8, 4) is 0 Å². The van der Waals surface area contributed by atoms with E-state index < -0.39 is 5.91 Å². The molecule has 1 N–H and O–H groups in total. The second kappa shape index (κ2) is 10.3. The van der Waals surface area contributed by atoms with E-state index in [1.54, 1.807) is 66.2 Å². The summed E-state index contributed by atoms with van der Waals surface area (Å²) < 4.78 is 5.66. The van der Waals surface area contributed by atoms with E-state index in [1.165, 1.54) is 12.1 Å². The summed E-state index contributed by atoms with van der Waals surface area (Å²) in [6, 6.07) is 11.5. The van der Waals surface area contributed by atoms with Gasteiger partial charge in [0.25, 0.3) is 5.91 Å². The van der Waals surface area contributed by atoms with Crippen molar-refractivity contribution in [3.05, 3.63) is 107 Å². The second-order valence-electron chi connectivity index (χ2n) is 8.46. The zero-order valence-corrected chi connectivity index (χ0v) is 19.3. The number of hydrogen-bond donors (Lipinski definition) is 1. The van der Waals surface area contributed by atoms with Crippen LogP contribution in [0, 0.1) is 5.92 Å². The minimum absolute atomic E-state index is 0.0468. The molecule has 9 heteroatoms. The maximum atomic E-state index is 13.1. The average Bonchev–Trinajstić information content (AvgIpc) is 3.35. The Morgan fingerprint density at radius 3 is 2.75 bits per heavy atom. The van der Waals surface area contributed by atoms with Crippen LogP contribution in [0.25, 0.3) is 17.0 Å². The molecule has 4 aromatic rings. The number of aromatic nitrogens is 3. The first-order valence-corrected chi connectivity index (χ1v) is 11.6. The number of amides is 2. The molecule has 0 saturated carbocycles. The molecule has 1 saturated heterocycles. The number of carbonyl (C=O) groups is 2. The van der Waals surface area contributed by atoms with Crippen LogP contribution in [0.3, 0.4) is 0 Å². The predicted molar refractivity (Wildman–Crippen MR) is 133 cm³/mol. The number of rotatable bonds is 6. The highest BCUT2D eigenvalue weighted by Gasteiger charge is 2.37. The average molecular weight is 482 g/mol. The van der Waals surface area contributed by atoms with Crippen molar-refractivity contribution in [2.24, 2.45) is 5.92 Å². The molecule has 1 fully saturated rings. The molecule has 36 heavy (non-hydrogen) atoms. The standard InChI is InChI=1S/C27H23N5O4/c33-22-14-24(36-23-6-2-1-5-21(22)23)27(35)31-16-19-9-13-32(26(19)18-4-3-10-28-15-18)25(34)8-7-20-17-29-11-12-30-20/h1-8,10-12,14-15,17,19,26H,9,13,16H2,(H,31,35)/b8-7+. The van der Waals surface area contributed by atoms with E-state index in [9.17, 15) is 14.4 Å². The molecule has 0 bridgehead atoms. The van der Waals surface area contributed by atoms with Gasteiger partial charge in [0.15, 0.2) is 11.2 Å². The Labute approximate surface area is 206 Å². The van der Waals surface area contributed by atoms with E-state index in [1.807, 2.05) is 12.1 Å². The Balaban J connectivity index is 1.33. The maximum Gasteiger partial charge on any atom is 0.287 e. The summed E-state index contributed by atoms with van der Waals surface area (Å²) in [4.78, 5) is 52.5. The lowest BCUT2D eigenvalue weighted by Gasteiger charge is -2.28. The summed E-state index contributed by atoms with van der Waals surface area (Å²) in [6.45, 7) is 0.821. The number of pyridine rings is 1. The maximum absolute atomic E-state index is 13.1. The van der Waals surface area contributed by atoms with Crippen molar-refractivity contribution in [2.75, 3.05) is 13.1 Å². The summed E-state index contributed by atoms with van der Waals surface area (Å²) in [5.74, 6) is -0.743. The Morgan fingerprint density at radius 2 is 1.94 bits per heavy atom. The molecule has 0 spiro atoms. The number of nitrogens with one attached hydrogen (secondary N) is 1. The Kier molecular flexibility index (Phi) is 6.61. The molecule has 2 atom stereocenters. The highest BCUT2D eigenvalue weighted by atomic mass is 16.3. The number of para-hydroxylation sites is 1. The van der Waals surface area contributed by atoms with Gasteiger partial charge >= 0.3 is 0 Å². The summed E-state index contributed by atoms with van der Waals surface area (Å²) >= 11 is 0. The topological polar surface area (TPSA) is 118 Å². The normalized spacial score (nSPS) is 17.5. The number of fused-ring (bicyclic) bond motifs is 1. The first-order chi connectivity index (χ1) is 17.6. The van der Waals surface area contributed by atoms with E-state index in [2.05, 4.69) is 20.3 Å². The van der Waals surface area contributed by atoms with Crippen molar-refractivity contribution in [1.82, 2.24) is 25.2 Å². The summed E-state index contributed by atoms with van der Waals surface area (Å²) in [6.07, 6.45) is 11.9. The molecule has 1 aromatic carbocycles. The third-order valence-corrected chi connectivity index (χ3v) is 6.20. The fraction of sp³-hybridized carbons (Fsp3) is 0.185. The third kappa shape index (κ3) is 4.90. The number of carbonyl (C=O) groups excluding carboxylic acids is 2. The number of benzene rings is 1. The largest absolute Gasteiger partial charge is 0.451 e. The lowest BCUT2D eigenvalue weighted by Crippen LogP contribution is -2.35. The van der Waals surface area contributed by atoms with Crippen LogP contribution in [-0.4, -0.2) is 44.8 Å². The minimum Gasteiger partial charge on any atom is -0.451 e. The summed E-state index contributed by atoms with van der Waals surface area (Å²) in [5.41, 5.74) is 1.55. The smallest absolute Gasteiger partial charge is 0.287 e. The fourth-order valence-electron chi connectivity index (χ4n) is 4.50. The Morgan fingerprint density at radius 1 is 1.08 bits per heavy atom. The highest BCUT2D eigenvalue weighted by molar-refractivity contribution is 5.93. The molecule has 2 amide bonds. The van der Waals surface area contributed by atoms with Gasteiger partial charge in [-0.3, -0.25) is 29.3 Å². The first-order valence-electron chi connectivity index (χ1n) is 11.6. The zero-order valence-electron chi connectivity index (χ0n) is 19.3. The van der Waals surface area contributed by atoms with Crippen molar-refractivity contribution < 1.29 is 14.0 Å². The van der Waals surface area contributed by atoms with Gasteiger partial charge in [0.2, 0.25) is 5.91 Å². The van der Waals surface area contributed by atoms with E-state index in [0.717, 1.165) is 5.56 Å². The van der Waals surface area contributed by atoms with Crippen LogP contribution in [0.5, 0.6) is 0 Å². The quantitative estimate of drug-likeness (QED) is 0.421. The molecule has 0 radical (unpaired) electrons. The van der Waals surface area contributed by atoms with Gasteiger partial charge in [-0.25, -0.2) is 0 Å². The molecular formula is C27H23N5O4. The van der Waals surface area contributed by atoms with E-state index in [0.29, 0.717) is 36.2 Å². The lowest BCUT2D eigenvalue weighted by atomic mass is 9.94. The fourth-order valence-corrected chi connectivity index (χ4v) is 4.50. The van der Waals surface area contributed by atoms with Gasteiger partial charge < -0.3 is 14.6 Å². The van der Waals surface area contributed by atoms with Crippen LogP contribution in [0.4, 0.5) is 0 Å². The third-order valence-electron chi connectivity index (χ3n) is 6.20. The monoisotopic (exact) mass is 481 g/mol. The van der Waals surface area contributed by atoms with E-state index in [4.69, 9.17) is 4.42 Å². The predicted octanol–water partition coefficient (Wildman–Crippen LogP) is 3.01. The van der Waals surface area contributed by atoms with Crippen molar-refractivity contribution >= 4 is 28.9 Å². The zero-order chi connectivity index (χ0) is 24.9. The van der Waals surface area contributed by atoms with Gasteiger partial charge in [-0.1, -0.05) is 18.2 Å². The highest BCUT2D eigenvalue weighted by Crippen LogP contribution is 2.37.